The monoisotopic (exact) mass is 197 g/mol. The second-order valence-corrected chi connectivity index (χ2v) is 3.77. The molecule has 1 heterocycles. The Kier molecular flexibility index (Phi) is 2.64. The average Bonchev–Trinajstić information content (AvgIpc) is 2.88. The van der Waals surface area contributed by atoms with Crippen molar-refractivity contribution in [1.29, 1.82) is 0 Å². The van der Waals surface area contributed by atoms with E-state index in [1.54, 1.807) is 6.07 Å². The van der Waals surface area contributed by atoms with Crippen LogP contribution in [0.2, 0.25) is 5.15 Å². The summed E-state index contributed by atoms with van der Waals surface area (Å²) in [5.41, 5.74) is 0. The summed E-state index contributed by atoms with van der Waals surface area (Å²) in [6, 6.07) is 1.74. The highest BCUT2D eigenvalue weighted by Crippen LogP contribution is 2.31. The van der Waals surface area contributed by atoms with Crippen molar-refractivity contribution in [3.8, 4) is 0 Å². The van der Waals surface area contributed by atoms with E-state index in [0.29, 0.717) is 5.15 Å². The lowest BCUT2D eigenvalue weighted by molar-refractivity contribution is 0.758. The van der Waals surface area contributed by atoms with Crippen molar-refractivity contribution < 1.29 is 0 Å². The van der Waals surface area contributed by atoms with Crippen molar-refractivity contribution in [1.82, 2.24) is 9.97 Å². The highest BCUT2D eigenvalue weighted by Gasteiger charge is 2.20. The first-order valence-corrected chi connectivity index (χ1v) is 4.94. The van der Waals surface area contributed by atoms with Gasteiger partial charge in [-0.25, -0.2) is 9.97 Å². The van der Waals surface area contributed by atoms with E-state index in [2.05, 4.69) is 15.3 Å². The van der Waals surface area contributed by atoms with E-state index >= 15 is 0 Å². The predicted molar refractivity (Wildman–Crippen MR) is 52.9 cm³/mol. The zero-order valence-electron chi connectivity index (χ0n) is 7.33. The molecule has 70 valence electrons. The summed E-state index contributed by atoms with van der Waals surface area (Å²) < 4.78 is 0. The molecule has 3 nitrogen and oxygen atoms in total. The third kappa shape index (κ3) is 2.84. The predicted octanol–water partition coefficient (Wildman–Crippen LogP) is 2.34. The molecule has 13 heavy (non-hydrogen) atoms. The van der Waals surface area contributed by atoms with Crippen LogP contribution in [0.1, 0.15) is 19.3 Å². The molecule has 1 aromatic heterocycles. The molecule has 0 amide bonds. The van der Waals surface area contributed by atoms with Crippen LogP contribution in [-0.4, -0.2) is 16.5 Å². The standard InChI is InChI=1S/C9H12ClN3/c10-8-5-9(13-6-12-8)11-4-3-7-1-2-7/h5-7H,1-4H2,(H,11,12,13). The lowest BCUT2D eigenvalue weighted by atomic mass is 10.3. The molecule has 1 saturated carbocycles. The van der Waals surface area contributed by atoms with Gasteiger partial charge < -0.3 is 5.32 Å². The molecule has 1 fully saturated rings. The van der Waals surface area contributed by atoms with E-state index in [1.807, 2.05) is 0 Å². The second-order valence-electron chi connectivity index (χ2n) is 3.38. The molecular formula is C9H12ClN3. The van der Waals surface area contributed by atoms with Crippen molar-refractivity contribution in [2.24, 2.45) is 5.92 Å². The minimum atomic E-state index is 0.490. The quantitative estimate of drug-likeness (QED) is 0.753. The van der Waals surface area contributed by atoms with Crippen LogP contribution in [-0.2, 0) is 0 Å². The largest absolute Gasteiger partial charge is 0.370 e. The van der Waals surface area contributed by atoms with Gasteiger partial charge in [-0.3, -0.25) is 0 Å². The first-order valence-electron chi connectivity index (χ1n) is 4.56. The van der Waals surface area contributed by atoms with Gasteiger partial charge in [-0.1, -0.05) is 24.4 Å². The number of aromatic nitrogens is 2. The molecule has 0 atom stereocenters. The summed E-state index contributed by atoms with van der Waals surface area (Å²) in [7, 11) is 0. The third-order valence-corrected chi connectivity index (χ3v) is 2.40. The van der Waals surface area contributed by atoms with Gasteiger partial charge in [0.05, 0.1) is 0 Å². The van der Waals surface area contributed by atoms with Gasteiger partial charge in [0.1, 0.15) is 17.3 Å². The molecular weight excluding hydrogens is 186 g/mol. The summed E-state index contributed by atoms with van der Waals surface area (Å²) in [5, 5.41) is 3.71. The molecule has 0 radical (unpaired) electrons. The van der Waals surface area contributed by atoms with Crippen LogP contribution in [0.5, 0.6) is 0 Å². The fraction of sp³-hybridized carbons (Fsp3) is 0.556. The van der Waals surface area contributed by atoms with Crippen LogP contribution < -0.4 is 5.32 Å². The van der Waals surface area contributed by atoms with E-state index in [9.17, 15) is 0 Å². The highest BCUT2D eigenvalue weighted by atomic mass is 35.5. The van der Waals surface area contributed by atoms with E-state index in [-0.39, 0.29) is 0 Å². The Labute approximate surface area is 82.5 Å². The lowest BCUT2D eigenvalue weighted by Gasteiger charge is -2.03. The van der Waals surface area contributed by atoms with Crippen LogP contribution in [0.3, 0.4) is 0 Å². The maximum absolute atomic E-state index is 5.71. The Morgan fingerprint density at radius 3 is 3.00 bits per heavy atom. The maximum Gasteiger partial charge on any atom is 0.134 e. The van der Waals surface area contributed by atoms with Crippen molar-refractivity contribution in [2.45, 2.75) is 19.3 Å². The SMILES string of the molecule is Clc1cc(NCCC2CC2)ncn1. The van der Waals surface area contributed by atoms with Crippen LogP contribution in [0, 0.1) is 5.92 Å². The molecule has 2 rings (SSSR count). The van der Waals surface area contributed by atoms with Gasteiger partial charge in [-0.05, 0) is 12.3 Å². The summed E-state index contributed by atoms with van der Waals surface area (Å²) in [4.78, 5) is 7.86. The minimum absolute atomic E-state index is 0.490. The van der Waals surface area contributed by atoms with E-state index in [1.165, 1.54) is 25.6 Å². The third-order valence-electron chi connectivity index (χ3n) is 2.19. The smallest absolute Gasteiger partial charge is 0.134 e. The number of hydrogen-bond donors (Lipinski definition) is 1. The van der Waals surface area contributed by atoms with Crippen molar-refractivity contribution >= 4 is 17.4 Å². The summed E-state index contributed by atoms with van der Waals surface area (Å²) in [5.74, 6) is 1.77. The summed E-state index contributed by atoms with van der Waals surface area (Å²) >= 11 is 5.71. The maximum atomic E-state index is 5.71. The Morgan fingerprint density at radius 2 is 2.31 bits per heavy atom. The molecule has 0 saturated heterocycles. The van der Waals surface area contributed by atoms with Crippen molar-refractivity contribution in [3.05, 3.63) is 17.5 Å². The van der Waals surface area contributed by atoms with E-state index in [4.69, 9.17) is 11.6 Å². The molecule has 1 N–H and O–H groups in total. The molecule has 0 unspecified atom stereocenters. The zero-order chi connectivity index (χ0) is 9.10. The van der Waals surface area contributed by atoms with Crippen molar-refractivity contribution in [2.75, 3.05) is 11.9 Å². The summed E-state index contributed by atoms with van der Waals surface area (Å²) in [6.45, 7) is 0.984. The second kappa shape index (κ2) is 3.92. The number of rotatable bonds is 4. The minimum Gasteiger partial charge on any atom is -0.370 e. The number of nitrogens with one attached hydrogen (secondary N) is 1. The molecule has 0 bridgehead atoms. The van der Waals surface area contributed by atoms with Gasteiger partial charge in [0, 0.05) is 12.6 Å². The topological polar surface area (TPSA) is 37.8 Å². The van der Waals surface area contributed by atoms with Gasteiger partial charge >= 0.3 is 0 Å². The molecule has 4 heteroatoms. The average molecular weight is 198 g/mol. The van der Waals surface area contributed by atoms with Crippen molar-refractivity contribution in [3.63, 3.8) is 0 Å². The van der Waals surface area contributed by atoms with Crippen LogP contribution in [0.25, 0.3) is 0 Å². The fourth-order valence-electron chi connectivity index (χ4n) is 1.24. The van der Waals surface area contributed by atoms with E-state index in [0.717, 1.165) is 18.3 Å². The number of anilines is 1. The fourth-order valence-corrected chi connectivity index (χ4v) is 1.39. The molecule has 0 aliphatic heterocycles. The molecule has 0 spiro atoms. The number of nitrogens with zero attached hydrogens (tertiary/aromatic N) is 2. The number of hydrogen-bond acceptors (Lipinski definition) is 3. The Balaban J connectivity index is 1.79. The van der Waals surface area contributed by atoms with Crippen LogP contribution in [0.4, 0.5) is 5.82 Å². The molecule has 1 aliphatic carbocycles. The van der Waals surface area contributed by atoms with Gasteiger partial charge in [0.2, 0.25) is 0 Å². The van der Waals surface area contributed by atoms with Crippen LogP contribution in [0.15, 0.2) is 12.4 Å². The zero-order valence-corrected chi connectivity index (χ0v) is 8.09. The van der Waals surface area contributed by atoms with Gasteiger partial charge in [-0.2, -0.15) is 0 Å². The summed E-state index contributed by atoms with van der Waals surface area (Å²) in [6.07, 6.45) is 5.50. The van der Waals surface area contributed by atoms with Gasteiger partial charge in [0.15, 0.2) is 0 Å². The van der Waals surface area contributed by atoms with Gasteiger partial charge in [-0.15, -0.1) is 0 Å². The Hall–Kier alpha value is -0.830. The molecule has 1 aromatic rings. The van der Waals surface area contributed by atoms with E-state index < -0.39 is 0 Å². The van der Waals surface area contributed by atoms with Crippen LogP contribution >= 0.6 is 11.6 Å². The molecule has 1 aliphatic rings. The highest BCUT2D eigenvalue weighted by molar-refractivity contribution is 6.29. The Morgan fingerprint density at radius 1 is 1.46 bits per heavy atom. The normalized spacial score (nSPS) is 15.8. The lowest BCUT2D eigenvalue weighted by Crippen LogP contribution is -2.03. The van der Waals surface area contributed by atoms with Gasteiger partial charge in [0.25, 0.3) is 0 Å². The first-order chi connectivity index (χ1) is 6.34. The number of halogens is 1. The first kappa shape index (κ1) is 8.75. The Bertz CT molecular complexity index is 286. The molecule has 0 aromatic carbocycles.